The summed E-state index contributed by atoms with van der Waals surface area (Å²) in [7, 11) is 0. The average molecular weight is 283 g/mol. The van der Waals surface area contributed by atoms with Crippen molar-refractivity contribution >= 4 is 22.3 Å². The lowest BCUT2D eigenvalue weighted by atomic mass is 10.1. The smallest absolute Gasteiger partial charge is 0.396 e. The van der Waals surface area contributed by atoms with Crippen molar-refractivity contribution < 1.29 is 13.2 Å². The number of anilines is 2. The molecule has 6 heteroatoms. The summed E-state index contributed by atoms with van der Waals surface area (Å²) < 4.78 is 38.0. The molecule has 0 spiro atoms. The van der Waals surface area contributed by atoms with E-state index < -0.39 is 12.7 Å². The minimum atomic E-state index is -4.26. The van der Waals surface area contributed by atoms with E-state index in [0.717, 1.165) is 0 Å². The van der Waals surface area contributed by atoms with Gasteiger partial charge >= 0.3 is 6.18 Å². The minimum absolute atomic E-state index is 0.301. The zero-order valence-corrected chi connectivity index (χ0v) is 11.1. The first-order chi connectivity index (χ1) is 9.42. The van der Waals surface area contributed by atoms with E-state index in [0.29, 0.717) is 35.2 Å². The van der Waals surface area contributed by atoms with Gasteiger partial charge in [0, 0.05) is 18.1 Å². The number of nitrogens with zero attached hydrogens (tertiary/aromatic N) is 2. The van der Waals surface area contributed by atoms with Crippen molar-refractivity contribution in [3.63, 3.8) is 0 Å². The largest absolute Gasteiger partial charge is 0.405 e. The summed E-state index contributed by atoms with van der Waals surface area (Å²) in [6, 6.07) is 6.78. The first kappa shape index (κ1) is 14.4. The highest BCUT2D eigenvalue weighted by molar-refractivity contribution is 5.97. The molecule has 108 valence electrons. The molecule has 0 fully saturated rings. The van der Waals surface area contributed by atoms with Crippen molar-refractivity contribution in [2.45, 2.75) is 19.5 Å². The molecule has 0 aliphatic carbocycles. The van der Waals surface area contributed by atoms with Crippen LogP contribution in [0, 0.1) is 0 Å². The molecule has 2 rings (SSSR count). The highest BCUT2D eigenvalue weighted by Crippen LogP contribution is 2.32. The molecular formula is C14H16F3N3. The molecule has 2 aromatic rings. The number of nitrogens with two attached hydrogens (primary N) is 1. The number of halogens is 3. The van der Waals surface area contributed by atoms with E-state index >= 15 is 0 Å². The number of hydrogen-bond acceptors (Lipinski definition) is 3. The highest BCUT2D eigenvalue weighted by atomic mass is 19.4. The fraction of sp³-hybridized carbons (Fsp3) is 0.357. The van der Waals surface area contributed by atoms with Gasteiger partial charge in [-0.25, -0.2) is 0 Å². The van der Waals surface area contributed by atoms with Gasteiger partial charge in [-0.15, -0.1) is 0 Å². The van der Waals surface area contributed by atoms with Crippen LogP contribution in [-0.4, -0.2) is 24.2 Å². The van der Waals surface area contributed by atoms with Crippen molar-refractivity contribution in [2.75, 3.05) is 23.7 Å². The van der Waals surface area contributed by atoms with E-state index in [-0.39, 0.29) is 0 Å². The Morgan fingerprint density at radius 3 is 2.65 bits per heavy atom. The molecule has 0 amide bonds. The van der Waals surface area contributed by atoms with Crippen molar-refractivity contribution in [1.82, 2.24) is 4.98 Å². The van der Waals surface area contributed by atoms with Gasteiger partial charge < -0.3 is 10.6 Å². The minimum Gasteiger partial charge on any atom is -0.396 e. The molecule has 0 atom stereocenters. The van der Waals surface area contributed by atoms with Gasteiger partial charge in [0.1, 0.15) is 6.54 Å². The van der Waals surface area contributed by atoms with Crippen molar-refractivity contribution in [1.29, 1.82) is 0 Å². The Kier molecular flexibility index (Phi) is 4.01. The van der Waals surface area contributed by atoms with Gasteiger partial charge in [-0.05, 0) is 30.7 Å². The lowest BCUT2D eigenvalue weighted by Crippen LogP contribution is -2.35. The van der Waals surface area contributed by atoms with Gasteiger partial charge in [0.15, 0.2) is 0 Å². The topological polar surface area (TPSA) is 42.2 Å². The summed E-state index contributed by atoms with van der Waals surface area (Å²) in [6.45, 7) is 1.13. The number of pyridine rings is 1. The average Bonchev–Trinajstić information content (AvgIpc) is 2.37. The lowest BCUT2D eigenvalue weighted by molar-refractivity contribution is -0.119. The number of hydrogen-bond donors (Lipinski definition) is 1. The monoisotopic (exact) mass is 283 g/mol. The van der Waals surface area contributed by atoms with Gasteiger partial charge in [-0.3, -0.25) is 4.98 Å². The van der Waals surface area contributed by atoms with Crippen LogP contribution in [0.3, 0.4) is 0 Å². The Morgan fingerprint density at radius 2 is 2.00 bits per heavy atom. The van der Waals surface area contributed by atoms with Crippen LogP contribution in [-0.2, 0) is 0 Å². The zero-order valence-electron chi connectivity index (χ0n) is 11.1. The van der Waals surface area contributed by atoms with E-state index in [1.54, 1.807) is 30.5 Å². The molecule has 20 heavy (non-hydrogen) atoms. The van der Waals surface area contributed by atoms with Gasteiger partial charge in [0.25, 0.3) is 0 Å². The van der Waals surface area contributed by atoms with Crippen LogP contribution in [0.25, 0.3) is 10.9 Å². The predicted molar refractivity (Wildman–Crippen MR) is 74.7 cm³/mol. The van der Waals surface area contributed by atoms with Crippen molar-refractivity contribution in [3.05, 3.63) is 30.5 Å². The molecule has 1 aromatic heterocycles. The fourth-order valence-corrected chi connectivity index (χ4v) is 2.21. The third kappa shape index (κ3) is 3.12. The molecule has 0 saturated heterocycles. The van der Waals surface area contributed by atoms with E-state index in [1.807, 2.05) is 6.92 Å². The molecule has 1 aromatic carbocycles. The maximum atomic E-state index is 12.7. The lowest BCUT2D eigenvalue weighted by Gasteiger charge is -2.27. The molecule has 0 bridgehead atoms. The van der Waals surface area contributed by atoms with E-state index in [1.165, 1.54) is 4.90 Å². The first-order valence-corrected chi connectivity index (χ1v) is 6.37. The first-order valence-electron chi connectivity index (χ1n) is 6.37. The maximum Gasteiger partial charge on any atom is 0.405 e. The van der Waals surface area contributed by atoms with Crippen LogP contribution in [0.2, 0.25) is 0 Å². The van der Waals surface area contributed by atoms with Crippen LogP contribution in [0.15, 0.2) is 30.5 Å². The molecule has 1 heterocycles. The second kappa shape index (κ2) is 5.56. The van der Waals surface area contributed by atoms with Crippen LogP contribution in [0.4, 0.5) is 24.5 Å². The highest BCUT2D eigenvalue weighted by Gasteiger charge is 2.31. The van der Waals surface area contributed by atoms with Crippen molar-refractivity contribution in [3.8, 4) is 0 Å². The van der Waals surface area contributed by atoms with Gasteiger partial charge in [-0.2, -0.15) is 13.2 Å². The third-order valence-electron chi connectivity index (χ3n) is 3.01. The number of nitrogen functional groups attached to an aromatic ring is 1. The molecule has 0 unspecified atom stereocenters. The summed E-state index contributed by atoms with van der Waals surface area (Å²) >= 11 is 0. The molecular weight excluding hydrogens is 267 g/mol. The van der Waals surface area contributed by atoms with E-state index in [9.17, 15) is 13.2 Å². The van der Waals surface area contributed by atoms with Gasteiger partial charge in [0.05, 0.1) is 16.9 Å². The summed E-state index contributed by atoms with van der Waals surface area (Å²) in [5.41, 5.74) is 7.45. The second-order valence-corrected chi connectivity index (χ2v) is 4.61. The molecule has 0 saturated carbocycles. The van der Waals surface area contributed by atoms with Crippen LogP contribution < -0.4 is 10.6 Å². The van der Waals surface area contributed by atoms with Crippen LogP contribution in [0.1, 0.15) is 13.3 Å². The summed E-state index contributed by atoms with van der Waals surface area (Å²) in [6.07, 6.45) is -2.02. The number of benzene rings is 1. The molecule has 2 N–H and O–H groups in total. The molecule has 0 aliphatic rings. The Hall–Kier alpha value is -1.98. The number of rotatable bonds is 4. The fourth-order valence-electron chi connectivity index (χ4n) is 2.21. The molecule has 0 aliphatic heterocycles. The SMILES string of the molecule is CCCN(CC(F)(F)F)c1ccc2ncccc2c1N. The van der Waals surface area contributed by atoms with Crippen LogP contribution in [0.5, 0.6) is 0 Å². The Bertz CT molecular complexity index is 596. The standard InChI is InChI=1S/C14H16F3N3/c1-2-8-20(9-14(15,16)17)12-6-5-11-10(13(12)18)4-3-7-19-11/h3-7H,2,8-9,18H2,1H3. The number of fused-ring (bicyclic) bond motifs is 1. The summed E-state index contributed by atoms with van der Waals surface area (Å²) in [5.74, 6) is 0. The summed E-state index contributed by atoms with van der Waals surface area (Å²) in [5, 5.41) is 0.674. The van der Waals surface area contributed by atoms with E-state index in [2.05, 4.69) is 4.98 Å². The van der Waals surface area contributed by atoms with E-state index in [4.69, 9.17) is 5.73 Å². The normalized spacial score (nSPS) is 11.8. The summed E-state index contributed by atoms with van der Waals surface area (Å²) in [4.78, 5) is 5.41. The zero-order chi connectivity index (χ0) is 14.8. The van der Waals surface area contributed by atoms with Crippen molar-refractivity contribution in [2.24, 2.45) is 0 Å². The number of aromatic nitrogens is 1. The third-order valence-corrected chi connectivity index (χ3v) is 3.01. The van der Waals surface area contributed by atoms with Gasteiger partial charge in [-0.1, -0.05) is 6.92 Å². The second-order valence-electron chi connectivity index (χ2n) is 4.61. The Balaban J connectivity index is 2.45. The maximum absolute atomic E-state index is 12.7. The Labute approximate surface area is 115 Å². The molecule has 0 radical (unpaired) electrons. The quantitative estimate of drug-likeness (QED) is 0.872. The predicted octanol–water partition coefficient (Wildman–Crippen LogP) is 3.60. The van der Waals surface area contributed by atoms with Crippen LogP contribution >= 0.6 is 0 Å². The number of alkyl halides is 3. The van der Waals surface area contributed by atoms with Gasteiger partial charge in [0.2, 0.25) is 0 Å². The molecule has 3 nitrogen and oxygen atoms in total. The Morgan fingerprint density at radius 1 is 1.25 bits per heavy atom.